The molecule has 1 heterocycles. The first-order chi connectivity index (χ1) is 19.7. The first kappa shape index (κ1) is 30.3. The van der Waals surface area contributed by atoms with E-state index in [1.807, 2.05) is 36.4 Å². The maximum atomic E-state index is 12.1. The summed E-state index contributed by atoms with van der Waals surface area (Å²) in [6.07, 6.45) is -0.822. The minimum Gasteiger partial charge on any atom is -0.481 e. The van der Waals surface area contributed by atoms with Gasteiger partial charge in [0.15, 0.2) is 6.29 Å². The molecule has 0 aromatic heterocycles. The number of anilines is 1. The molecule has 0 spiro atoms. The molecule has 3 aromatic carbocycles. The van der Waals surface area contributed by atoms with Gasteiger partial charge in [0, 0.05) is 40.7 Å². The van der Waals surface area contributed by atoms with Crippen molar-refractivity contribution >= 4 is 35.3 Å². The van der Waals surface area contributed by atoms with Crippen molar-refractivity contribution in [2.75, 3.05) is 11.1 Å². The van der Waals surface area contributed by atoms with Crippen molar-refractivity contribution in [1.82, 2.24) is 0 Å². The van der Waals surface area contributed by atoms with Gasteiger partial charge in [0.05, 0.1) is 24.4 Å². The number of hydrogen-bond donors (Lipinski definition) is 4. The van der Waals surface area contributed by atoms with Crippen LogP contribution in [0.2, 0.25) is 0 Å². The SMILES string of the molecule is C[C@H]1[C@@H](CSc2ccc(C(=O)O)cc2)O[C@@H](c2ccc(NC(=O)CCCC(=O)O)cc2)O[C@H]1c1ccc(CO)cc1. The Morgan fingerprint density at radius 3 is 2.12 bits per heavy atom. The summed E-state index contributed by atoms with van der Waals surface area (Å²) in [5.41, 5.74) is 3.37. The van der Waals surface area contributed by atoms with Gasteiger partial charge in [-0.15, -0.1) is 11.8 Å². The summed E-state index contributed by atoms with van der Waals surface area (Å²) in [6, 6.07) is 21.6. The van der Waals surface area contributed by atoms with Gasteiger partial charge in [-0.2, -0.15) is 0 Å². The quantitative estimate of drug-likeness (QED) is 0.200. The molecular formula is C31H33NO8S. The number of nitrogens with one attached hydrogen (secondary N) is 1. The number of aliphatic carboxylic acids is 1. The average Bonchev–Trinajstić information content (AvgIpc) is 2.97. The fourth-order valence-electron chi connectivity index (χ4n) is 4.53. The summed E-state index contributed by atoms with van der Waals surface area (Å²) in [6.45, 7) is 2.03. The molecule has 4 N–H and O–H groups in total. The Labute approximate surface area is 242 Å². The summed E-state index contributed by atoms with van der Waals surface area (Å²) >= 11 is 1.58. The number of carboxylic acids is 2. The van der Waals surface area contributed by atoms with Crippen LogP contribution in [-0.2, 0) is 25.7 Å². The number of hydrogen-bond acceptors (Lipinski definition) is 7. The highest BCUT2D eigenvalue weighted by Gasteiger charge is 2.38. The maximum Gasteiger partial charge on any atom is 0.335 e. The molecule has 1 aliphatic rings. The summed E-state index contributed by atoms with van der Waals surface area (Å²) in [4.78, 5) is 34.9. The molecule has 0 unspecified atom stereocenters. The molecule has 3 aromatic rings. The molecule has 1 saturated heterocycles. The van der Waals surface area contributed by atoms with Crippen molar-refractivity contribution in [1.29, 1.82) is 0 Å². The monoisotopic (exact) mass is 579 g/mol. The Balaban J connectivity index is 1.48. The Morgan fingerprint density at radius 2 is 1.51 bits per heavy atom. The van der Waals surface area contributed by atoms with E-state index < -0.39 is 18.2 Å². The first-order valence-electron chi connectivity index (χ1n) is 13.3. The zero-order valence-corrected chi connectivity index (χ0v) is 23.4. The normalized spacial score (nSPS) is 20.3. The average molecular weight is 580 g/mol. The Bertz CT molecular complexity index is 1330. The molecule has 9 nitrogen and oxygen atoms in total. The number of carbonyl (C=O) groups is 3. The zero-order valence-electron chi connectivity index (χ0n) is 22.6. The molecule has 0 bridgehead atoms. The van der Waals surface area contributed by atoms with Crippen molar-refractivity contribution in [3.8, 4) is 0 Å². The lowest BCUT2D eigenvalue weighted by atomic mass is 9.91. The van der Waals surface area contributed by atoms with E-state index in [9.17, 15) is 19.5 Å². The number of amides is 1. The lowest BCUT2D eigenvalue weighted by Gasteiger charge is -2.41. The molecule has 4 atom stereocenters. The van der Waals surface area contributed by atoms with Crippen LogP contribution >= 0.6 is 11.8 Å². The third-order valence-corrected chi connectivity index (χ3v) is 8.00. The molecule has 0 saturated carbocycles. The fraction of sp³-hybridized carbons (Fsp3) is 0.323. The van der Waals surface area contributed by atoms with Crippen LogP contribution in [0.25, 0.3) is 0 Å². The van der Waals surface area contributed by atoms with Crippen LogP contribution in [0.3, 0.4) is 0 Å². The van der Waals surface area contributed by atoms with E-state index in [0.717, 1.165) is 21.6 Å². The highest BCUT2D eigenvalue weighted by molar-refractivity contribution is 7.99. The smallest absolute Gasteiger partial charge is 0.335 e. The van der Waals surface area contributed by atoms with Gasteiger partial charge in [-0.05, 0) is 53.9 Å². The Morgan fingerprint density at radius 1 is 0.854 bits per heavy atom. The highest BCUT2D eigenvalue weighted by Crippen LogP contribution is 2.43. The minimum atomic E-state index is -0.968. The fourth-order valence-corrected chi connectivity index (χ4v) is 5.60. The number of ether oxygens (including phenoxy) is 2. The molecule has 216 valence electrons. The van der Waals surface area contributed by atoms with Gasteiger partial charge in [-0.3, -0.25) is 9.59 Å². The van der Waals surface area contributed by atoms with Crippen molar-refractivity contribution in [3.63, 3.8) is 0 Å². The van der Waals surface area contributed by atoms with Gasteiger partial charge in [0.1, 0.15) is 0 Å². The largest absolute Gasteiger partial charge is 0.481 e. The number of thioether (sulfide) groups is 1. The predicted octanol–water partition coefficient (Wildman–Crippen LogP) is 5.65. The second-order valence-electron chi connectivity index (χ2n) is 9.88. The molecule has 10 heteroatoms. The van der Waals surface area contributed by atoms with Gasteiger partial charge in [0.2, 0.25) is 5.91 Å². The molecule has 41 heavy (non-hydrogen) atoms. The molecule has 1 amide bonds. The number of aromatic carboxylic acids is 1. The van der Waals surface area contributed by atoms with Gasteiger partial charge in [-0.25, -0.2) is 4.79 Å². The maximum absolute atomic E-state index is 12.1. The number of carbonyl (C=O) groups excluding carboxylic acids is 1. The van der Waals surface area contributed by atoms with Crippen LogP contribution in [0.1, 0.15) is 65.6 Å². The summed E-state index contributed by atoms with van der Waals surface area (Å²) in [7, 11) is 0. The second-order valence-corrected chi connectivity index (χ2v) is 11.0. The van der Waals surface area contributed by atoms with E-state index in [1.54, 1.807) is 48.2 Å². The van der Waals surface area contributed by atoms with Crippen LogP contribution in [0, 0.1) is 5.92 Å². The molecule has 1 aliphatic heterocycles. The summed E-state index contributed by atoms with van der Waals surface area (Å²) < 4.78 is 12.9. The van der Waals surface area contributed by atoms with Gasteiger partial charge < -0.3 is 30.1 Å². The van der Waals surface area contributed by atoms with Crippen LogP contribution in [0.4, 0.5) is 5.69 Å². The molecule has 0 aliphatic carbocycles. The highest BCUT2D eigenvalue weighted by atomic mass is 32.2. The number of aliphatic hydroxyl groups excluding tert-OH is 1. The number of aliphatic hydroxyl groups is 1. The van der Waals surface area contributed by atoms with E-state index in [0.29, 0.717) is 11.4 Å². The number of rotatable bonds is 12. The zero-order chi connectivity index (χ0) is 29.4. The summed E-state index contributed by atoms with van der Waals surface area (Å²) in [5, 5.41) is 30.2. The van der Waals surface area contributed by atoms with Crippen LogP contribution in [-0.4, -0.2) is 45.0 Å². The molecule has 4 rings (SSSR count). The van der Waals surface area contributed by atoms with Crippen LogP contribution in [0.5, 0.6) is 0 Å². The van der Waals surface area contributed by atoms with Gasteiger partial charge in [-0.1, -0.05) is 43.3 Å². The molecule has 0 radical (unpaired) electrons. The topological polar surface area (TPSA) is 142 Å². The predicted molar refractivity (Wildman–Crippen MR) is 154 cm³/mol. The third kappa shape index (κ3) is 8.40. The number of benzene rings is 3. The third-order valence-electron chi connectivity index (χ3n) is 6.90. The van der Waals surface area contributed by atoms with Crippen molar-refractivity contribution in [2.45, 2.75) is 56.2 Å². The lowest BCUT2D eigenvalue weighted by Crippen LogP contribution is -2.38. The van der Waals surface area contributed by atoms with Crippen molar-refractivity contribution in [2.24, 2.45) is 5.92 Å². The Kier molecular flexibility index (Phi) is 10.5. The van der Waals surface area contributed by atoms with Crippen LogP contribution in [0.15, 0.2) is 77.7 Å². The Hall–Kier alpha value is -3.70. The van der Waals surface area contributed by atoms with E-state index in [2.05, 4.69) is 12.2 Å². The van der Waals surface area contributed by atoms with Crippen molar-refractivity contribution < 1.29 is 39.2 Å². The van der Waals surface area contributed by atoms with E-state index in [4.69, 9.17) is 19.7 Å². The van der Waals surface area contributed by atoms with Crippen LogP contribution < -0.4 is 5.32 Å². The first-order valence-corrected chi connectivity index (χ1v) is 14.3. The standard InChI is InChI=1S/C31H33NO8S/c1-19-26(18-41-25-15-11-22(12-16-25)30(37)38)39-31(40-29(19)21-7-5-20(17-33)6-8-21)23-9-13-24(14-10-23)32-27(34)3-2-4-28(35)36/h5-16,19,26,29,31,33H,2-4,17-18H2,1H3,(H,32,34)(H,35,36)(H,37,38)/t19-,26+,29+,31+/m0/s1. The second kappa shape index (κ2) is 14.3. The lowest BCUT2D eigenvalue weighted by molar-refractivity contribution is -0.268. The van der Waals surface area contributed by atoms with E-state index in [1.165, 1.54) is 0 Å². The van der Waals surface area contributed by atoms with Crippen molar-refractivity contribution in [3.05, 3.63) is 95.1 Å². The van der Waals surface area contributed by atoms with Gasteiger partial charge in [0.25, 0.3) is 0 Å². The molecular weight excluding hydrogens is 546 g/mol. The van der Waals surface area contributed by atoms with E-state index in [-0.39, 0.29) is 55.5 Å². The number of carboxylic acid groups (broad SMARTS) is 2. The minimum absolute atomic E-state index is 0.0126. The van der Waals surface area contributed by atoms with Gasteiger partial charge >= 0.3 is 11.9 Å². The van der Waals surface area contributed by atoms with E-state index >= 15 is 0 Å². The summed E-state index contributed by atoms with van der Waals surface area (Å²) in [5.74, 6) is -1.55. The molecule has 1 fully saturated rings.